The van der Waals surface area contributed by atoms with E-state index in [4.69, 9.17) is 9.47 Å². The van der Waals surface area contributed by atoms with Gasteiger partial charge < -0.3 is 9.47 Å². The molecule has 0 amide bonds. The van der Waals surface area contributed by atoms with Crippen LogP contribution < -0.4 is 0 Å². The molecule has 2 aromatic carbocycles. The molecule has 0 bridgehead atoms. The van der Waals surface area contributed by atoms with Crippen molar-refractivity contribution < 1.29 is 32.6 Å². The number of hydrogen-bond donors (Lipinski definition) is 0. The Bertz CT molecular complexity index is 1340. The zero-order chi connectivity index (χ0) is 26.9. The first-order valence-electron chi connectivity index (χ1n) is 11.3. The largest absolute Gasteiger partial charge is 0.454 e. The van der Waals surface area contributed by atoms with Gasteiger partial charge in [0.15, 0.2) is 13.2 Å². The number of halogens is 2. The summed E-state index contributed by atoms with van der Waals surface area (Å²) in [6.45, 7) is -1.21. The van der Waals surface area contributed by atoms with Crippen LogP contribution in [0.3, 0.4) is 0 Å². The highest BCUT2D eigenvalue weighted by Crippen LogP contribution is 2.26. The number of benzene rings is 2. The van der Waals surface area contributed by atoms with Crippen molar-refractivity contribution in [3.05, 3.63) is 116 Å². The number of rotatable bonds is 10. The molecular weight excluding hydrogens is 530 g/mol. The molecule has 192 valence electrons. The molecule has 4 aromatic rings. The van der Waals surface area contributed by atoms with Gasteiger partial charge in [0, 0.05) is 9.75 Å². The molecule has 2 heterocycles. The number of ketones is 1. The molecule has 9 heteroatoms. The van der Waals surface area contributed by atoms with Crippen molar-refractivity contribution in [3.63, 3.8) is 0 Å². The minimum absolute atomic E-state index is 0.207. The molecule has 0 unspecified atom stereocenters. The summed E-state index contributed by atoms with van der Waals surface area (Å²) < 4.78 is 36.9. The molecule has 2 aromatic heterocycles. The zero-order valence-electron chi connectivity index (χ0n) is 19.8. The monoisotopic (exact) mass is 550 g/mol. The van der Waals surface area contributed by atoms with E-state index in [1.807, 2.05) is 0 Å². The molecule has 0 saturated heterocycles. The lowest BCUT2D eigenvalue weighted by Crippen LogP contribution is -2.21. The quantitative estimate of drug-likeness (QED) is 0.166. The molecule has 4 rings (SSSR count). The summed E-state index contributed by atoms with van der Waals surface area (Å²) in [6, 6.07) is 18.2. The highest BCUT2D eigenvalue weighted by atomic mass is 32.1. The Kier molecular flexibility index (Phi) is 9.07. The standard InChI is InChI=1S/C29H20F2O5S2/c30-21-9-5-19(6-10-21)15-24(26-3-1-13-37-26)28(33)35-17-23(32)18-36-29(34)25(27-4-2-14-38-27)16-20-7-11-22(31)12-8-20/h1-16H,17-18H2/b24-15+,25-16+. The van der Waals surface area contributed by atoms with Crippen LogP contribution in [0, 0.1) is 11.6 Å². The van der Waals surface area contributed by atoms with Crippen molar-refractivity contribution in [2.75, 3.05) is 13.2 Å². The van der Waals surface area contributed by atoms with Gasteiger partial charge in [-0.05, 0) is 70.4 Å². The van der Waals surface area contributed by atoms with Gasteiger partial charge in [0.2, 0.25) is 5.78 Å². The molecule has 5 nitrogen and oxygen atoms in total. The second-order valence-corrected chi connectivity index (χ2v) is 9.76. The van der Waals surface area contributed by atoms with Gasteiger partial charge in [-0.2, -0.15) is 0 Å². The molecule has 0 aliphatic rings. The highest BCUT2D eigenvalue weighted by Gasteiger charge is 2.19. The summed E-state index contributed by atoms with van der Waals surface area (Å²) in [5.41, 5.74) is 1.58. The van der Waals surface area contributed by atoms with E-state index in [-0.39, 0.29) is 11.1 Å². The molecule has 0 N–H and O–H groups in total. The number of esters is 2. The Morgan fingerprint density at radius 3 is 1.37 bits per heavy atom. The maximum absolute atomic E-state index is 13.2. The summed E-state index contributed by atoms with van der Waals surface area (Å²) in [4.78, 5) is 39.2. The molecule has 0 fully saturated rings. The first-order valence-corrected chi connectivity index (χ1v) is 13.0. The number of ether oxygens (including phenoxy) is 2. The van der Waals surface area contributed by atoms with Crippen LogP contribution in [0.2, 0.25) is 0 Å². The minimum Gasteiger partial charge on any atom is -0.454 e. The van der Waals surface area contributed by atoms with Crippen molar-refractivity contribution in [2.45, 2.75) is 0 Å². The lowest BCUT2D eigenvalue weighted by atomic mass is 10.1. The third-order valence-electron chi connectivity index (χ3n) is 5.10. The van der Waals surface area contributed by atoms with Crippen molar-refractivity contribution in [2.24, 2.45) is 0 Å². The van der Waals surface area contributed by atoms with Crippen LogP contribution in [0.15, 0.2) is 83.6 Å². The summed E-state index contributed by atoms with van der Waals surface area (Å²) in [5, 5.41) is 3.58. The van der Waals surface area contributed by atoms with Crippen LogP contribution in [0.1, 0.15) is 20.9 Å². The number of carbonyl (C=O) groups excluding carboxylic acids is 3. The van der Waals surface area contributed by atoms with E-state index >= 15 is 0 Å². The fraction of sp³-hybridized carbons (Fsp3) is 0.0690. The number of thiophene rings is 2. The number of carbonyl (C=O) groups is 3. The van der Waals surface area contributed by atoms with Gasteiger partial charge in [0.25, 0.3) is 0 Å². The van der Waals surface area contributed by atoms with E-state index in [0.717, 1.165) is 0 Å². The SMILES string of the molecule is O=C(COC(=O)/C(=C/c1ccc(F)cc1)c1cccs1)COC(=O)/C(=C/c1ccc(F)cc1)c1cccs1. The smallest absolute Gasteiger partial charge is 0.340 e. The van der Waals surface area contributed by atoms with Crippen molar-refractivity contribution >= 4 is 63.7 Å². The van der Waals surface area contributed by atoms with E-state index in [1.165, 1.54) is 71.2 Å². The topological polar surface area (TPSA) is 69.7 Å². The molecule has 0 radical (unpaired) electrons. The molecule has 0 spiro atoms. The molecule has 0 saturated carbocycles. The Balaban J connectivity index is 1.39. The van der Waals surface area contributed by atoms with Crippen LogP contribution in [0.4, 0.5) is 8.78 Å². The summed E-state index contributed by atoms with van der Waals surface area (Å²) >= 11 is 2.62. The fourth-order valence-corrected chi connectivity index (χ4v) is 4.73. The minimum atomic E-state index is -0.744. The third-order valence-corrected chi connectivity index (χ3v) is 6.91. The van der Waals surface area contributed by atoms with E-state index in [9.17, 15) is 23.2 Å². The van der Waals surface area contributed by atoms with E-state index in [1.54, 1.807) is 47.2 Å². The highest BCUT2D eigenvalue weighted by molar-refractivity contribution is 7.11. The van der Waals surface area contributed by atoms with Gasteiger partial charge in [-0.15, -0.1) is 22.7 Å². The lowest BCUT2D eigenvalue weighted by Gasteiger charge is -2.09. The first kappa shape index (κ1) is 26.8. The van der Waals surface area contributed by atoms with Crippen molar-refractivity contribution in [1.29, 1.82) is 0 Å². The third kappa shape index (κ3) is 7.41. The number of Topliss-reactive ketones (excluding diaryl/α,β-unsaturated/α-hetero) is 1. The first-order chi connectivity index (χ1) is 18.4. The normalized spacial score (nSPS) is 11.7. The maximum atomic E-state index is 13.2. The Morgan fingerprint density at radius 1 is 0.632 bits per heavy atom. The van der Waals surface area contributed by atoms with Crippen LogP contribution in [-0.4, -0.2) is 30.9 Å². The predicted molar refractivity (Wildman–Crippen MR) is 144 cm³/mol. The Hall–Kier alpha value is -4.21. The molecule has 38 heavy (non-hydrogen) atoms. The molecule has 0 aliphatic carbocycles. The Labute approximate surface area is 225 Å². The van der Waals surface area contributed by atoms with E-state index in [0.29, 0.717) is 20.9 Å². The summed E-state index contributed by atoms with van der Waals surface area (Å²) in [6.07, 6.45) is 3.09. The van der Waals surface area contributed by atoms with Crippen molar-refractivity contribution in [1.82, 2.24) is 0 Å². The van der Waals surface area contributed by atoms with Gasteiger partial charge >= 0.3 is 11.9 Å². The maximum Gasteiger partial charge on any atom is 0.340 e. The van der Waals surface area contributed by atoms with Crippen LogP contribution in [-0.2, 0) is 23.9 Å². The Morgan fingerprint density at radius 2 is 1.03 bits per heavy atom. The van der Waals surface area contributed by atoms with Gasteiger partial charge in [0.05, 0.1) is 11.1 Å². The zero-order valence-corrected chi connectivity index (χ0v) is 21.4. The van der Waals surface area contributed by atoms with Gasteiger partial charge in [-0.1, -0.05) is 36.4 Å². The second-order valence-electron chi connectivity index (χ2n) is 7.86. The van der Waals surface area contributed by atoms with E-state index < -0.39 is 42.6 Å². The van der Waals surface area contributed by atoms with Gasteiger partial charge in [0.1, 0.15) is 11.6 Å². The van der Waals surface area contributed by atoms with E-state index in [2.05, 4.69) is 0 Å². The van der Waals surface area contributed by atoms with Gasteiger partial charge in [-0.3, -0.25) is 4.79 Å². The molecule has 0 aliphatic heterocycles. The lowest BCUT2D eigenvalue weighted by molar-refractivity contribution is -0.147. The summed E-state index contributed by atoms with van der Waals surface area (Å²) in [7, 11) is 0. The fourth-order valence-electron chi connectivity index (χ4n) is 3.27. The van der Waals surface area contributed by atoms with Crippen molar-refractivity contribution in [3.8, 4) is 0 Å². The average molecular weight is 551 g/mol. The van der Waals surface area contributed by atoms with Crippen LogP contribution in [0.5, 0.6) is 0 Å². The predicted octanol–water partition coefficient (Wildman–Crippen LogP) is 6.52. The van der Waals surface area contributed by atoms with Gasteiger partial charge in [-0.25, -0.2) is 18.4 Å². The molecular formula is C29H20F2O5S2. The van der Waals surface area contributed by atoms with Crippen LogP contribution >= 0.6 is 22.7 Å². The average Bonchev–Trinajstić information content (AvgIpc) is 3.65. The summed E-state index contributed by atoms with van der Waals surface area (Å²) in [5.74, 6) is -2.92. The number of hydrogen-bond acceptors (Lipinski definition) is 7. The second kappa shape index (κ2) is 12.8. The molecule has 0 atom stereocenters. The van der Waals surface area contributed by atoms with Crippen LogP contribution in [0.25, 0.3) is 23.3 Å².